The number of rotatable bonds is 10. The van der Waals surface area contributed by atoms with Crippen LogP contribution in [-0.4, -0.2) is 55.8 Å². The van der Waals surface area contributed by atoms with Gasteiger partial charge in [0.25, 0.3) is 0 Å². The monoisotopic (exact) mass is 323 g/mol. The Morgan fingerprint density at radius 2 is 2.17 bits per heavy atom. The van der Waals surface area contributed by atoms with Crippen molar-refractivity contribution in [3.05, 3.63) is 23.8 Å². The molecular weight excluding hydrogens is 294 g/mol. The van der Waals surface area contributed by atoms with Crippen LogP contribution >= 0.6 is 0 Å². The molecule has 0 aliphatic heterocycles. The van der Waals surface area contributed by atoms with Crippen molar-refractivity contribution in [1.82, 2.24) is 10.2 Å². The fourth-order valence-corrected chi connectivity index (χ4v) is 2.06. The third-order valence-corrected chi connectivity index (χ3v) is 3.59. The third kappa shape index (κ3) is 7.34. The number of benzene rings is 1. The predicted molar refractivity (Wildman–Crippen MR) is 92.5 cm³/mol. The highest BCUT2D eigenvalue weighted by Crippen LogP contribution is 2.23. The van der Waals surface area contributed by atoms with E-state index in [-0.39, 0.29) is 18.6 Å². The first-order valence-electron chi connectivity index (χ1n) is 8.02. The number of likely N-dealkylation sites (N-methyl/N-ethyl adjacent to an activating group) is 1. The number of aryl methyl sites for hydroxylation is 1. The van der Waals surface area contributed by atoms with Crippen LogP contribution in [0.25, 0.3) is 0 Å². The predicted octanol–water partition coefficient (Wildman–Crippen LogP) is 1.03. The maximum absolute atomic E-state index is 11.8. The van der Waals surface area contributed by atoms with Gasteiger partial charge in [-0.3, -0.25) is 4.79 Å². The topological polar surface area (TPSA) is 87.8 Å². The summed E-state index contributed by atoms with van der Waals surface area (Å²) in [6.45, 7) is 3.30. The maximum atomic E-state index is 11.8. The van der Waals surface area contributed by atoms with Crippen LogP contribution < -0.4 is 15.8 Å². The lowest BCUT2D eigenvalue weighted by molar-refractivity contribution is -0.122. The first kappa shape index (κ1) is 19.3. The van der Waals surface area contributed by atoms with Crippen LogP contribution in [0.3, 0.4) is 0 Å². The van der Waals surface area contributed by atoms with Gasteiger partial charge in [-0.1, -0.05) is 13.0 Å². The van der Waals surface area contributed by atoms with Gasteiger partial charge in [0.15, 0.2) is 0 Å². The van der Waals surface area contributed by atoms with E-state index in [1.54, 1.807) is 0 Å². The van der Waals surface area contributed by atoms with Crippen molar-refractivity contribution in [3.63, 3.8) is 0 Å². The summed E-state index contributed by atoms with van der Waals surface area (Å²) in [5.74, 6) is 0.613. The summed E-state index contributed by atoms with van der Waals surface area (Å²) in [4.78, 5) is 13.9. The summed E-state index contributed by atoms with van der Waals surface area (Å²) in [7, 11) is 3.97. The quantitative estimate of drug-likeness (QED) is 0.560. The second-order valence-corrected chi connectivity index (χ2v) is 5.88. The number of nitrogens with zero attached hydrogens (tertiary/aromatic N) is 1. The molecule has 0 aliphatic rings. The minimum Gasteiger partial charge on any atom is -0.490 e. The molecule has 130 valence electrons. The van der Waals surface area contributed by atoms with Crippen molar-refractivity contribution in [2.75, 3.05) is 39.6 Å². The molecule has 1 unspecified atom stereocenters. The molecule has 1 amide bonds. The van der Waals surface area contributed by atoms with Crippen molar-refractivity contribution in [3.8, 4) is 5.75 Å². The second kappa shape index (κ2) is 10.1. The van der Waals surface area contributed by atoms with E-state index >= 15 is 0 Å². The molecule has 0 radical (unpaired) electrons. The standard InChI is InChI=1S/C17H29N3O3/c1-4-14(12-21)19-17(22)8-6-13-5-7-16(15(18)11-13)23-10-9-20(2)3/h5,7,11,14,21H,4,6,8-10,12,18H2,1-3H3,(H,19,22). The molecule has 0 heterocycles. The van der Waals surface area contributed by atoms with Crippen molar-refractivity contribution >= 4 is 11.6 Å². The number of aliphatic hydroxyl groups excluding tert-OH is 1. The smallest absolute Gasteiger partial charge is 0.220 e. The minimum absolute atomic E-state index is 0.0336. The first-order valence-corrected chi connectivity index (χ1v) is 8.02. The van der Waals surface area contributed by atoms with Gasteiger partial charge in [0.05, 0.1) is 18.3 Å². The number of hydrogen-bond donors (Lipinski definition) is 3. The summed E-state index contributed by atoms with van der Waals surface area (Å²) in [6.07, 6.45) is 1.70. The van der Waals surface area contributed by atoms with Gasteiger partial charge >= 0.3 is 0 Å². The molecule has 6 heteroatoms. The largest absolute Gasteiger partial charge is 0.490 e. The lowest BCUT2D eigenvalue weighted by Crippen LogP contribution is -2.37. The van der Waals surface area contributed by atoms with Gasteiger partial charge in [-0.05, 0) is 44.6 Å². The molecule has 0 fully saturated rings. The molecule has 1 aromatic carbocycles. The summed E-state index contributed by atoms with van der Waals surface area (Å²) >= 11 is 0. The molecule has 0 saturated heterocycles. The van der Waals surface area contributed by atoms with Gasteiger partial charge in [-0.25, -0.2) is 0 Å². The maximum Gasteiger partial charge on any atom is 0.220 e. The Bertz CT molecular complexity index is 488. The molecule has 6 nitrogen and oxygen atoms in total. The van der Waals surface area contributed by atoms with Crippen LogP contribution in [-0.2, 0) is 11.2 Å². The number of aliphatic hydroxyl groups is 1. The van der Waals surface area contributed by atoms with Crippen LogP contribution in [0.15, 0.2) is 18.2 Å². The van der Waals surface area contributed by atoms with Gasteiger partial charge in [0, 0.05) is 13.0 Å². The Labute approximate surface area is 138 Å². The molecule has 0 bridgehead atoms. The molecule has 0 spiro atoms. The van der Waals surface area contributed by atoms with Crippen LogP contribution in [0.4, 0.5) is 5.69 Å². The minimum atomic E-state index is -0.167. The molecular formula is C17H29N3O3. The van der Waals surface area contributed by atoms with Gasteiger partial charge in [-0.2, -0.15) is 0 Å². The van der Waals surface area contributed by atoms with Crippen LogP contribution in [0, 0.1) is 0 Å². The Kier molecular flexibility index (Phi) is 8.43. The third-order valence-electron chi connectivity index (χ3n) is 3.59. The molecule has 0 saturated carbocycles. The van der Waals surface area contributed by atoms with Gasteiger partial charge in [-0.15, -0.1) is 0 Å². The lowest BCUT2D eigenvalue weighted by atomic mass is 10.1. The van der Waals surface area contributed by atoms with Crippen molar-refractivity contribution in [2.45, 2.75) is 32.2 Å². The molecule has 1 rings (SSSR count). The van der Waals surface area contributed by atoms with Gasteiger partial charge in [0.2, 0.25) is 5.91 Å². The van der Waals surface area contributed by atoms with E-state index in [0.29, 0.717) is 37.3 Å². The fourth-order valence-electron chi connectivity index (χ4n) is 2.06. The Morgan fingerprint density at radius 3 is 2.74 bits per heavy atom. The average molecular weight is 323 g/mol. The summed E-state index contributed by atoms with van der Waals surface area (Å²) in [6, 6.07) is 5.46. The van der Waals surface area contributed by atoms with E-state index in [9.17, 15) is 4.79 Å². The van der Waals surface area contributed by atoms with Crippen LogP contribution in [0.1, 0.15) is 25.3 Å². The molecule has 4 N–H and O–H groups in total. The fraction of sp³-hybridized carbons (Fsp3) is 0.588. The summed E-state index contributed by atoms with van der Waals surface area (Å²) < 4.78 is 5.64. The normalized spacial score (nSPS) is 12.2. The Balaban J connectivity index is 2.46. The molecule has 0 aliphatic carbocycles. The number of amides is 1. The Morgan fingerprint density at radius 1 is 1.43 bits per heavy atom. The van der Waals surface area contributed by atoms with Crippen LogP contribution in [0.5, 0.6) is 5.75 Å². The molecule has 0 aromatic heterocycles. The zero-order valence-corrected chi connectivity index (χ0v) is 14.3. The van der Waals surface area contributed by atoms with Crippen LogP contribution in [0.2, 0.25) is 0 Å². The number of ether oxygens (including phenoxy) is 1. The number of carbonyl (C=O) groups is 1. The SMILES string of the molecule is CCC(CO)NC(=O)CCc1ccc(OCCN(C)C)c(N)c1. The zero-order chi connectivity index (χ0) is 17.2. The van der Waals surface area contributed by atoms with Crippen molar-refractivity contribution < 1.29 is 14.6 Å². The first-order chi connectivity index (χ1) is 11.0. The van der Waals surface area contributed by atoms with Gasteiger partial charge in [0.1, 0.15) is 12.4 Å². The van der Waals surface area contributed by atoms with Crippen molar-refractivity contribution in [1.29, 1.82) is 0 Å². The van der Waals surface area contributed by atoms with E-state index in [4.69, 9.17) is 15.6 Å². The van der Waals surface area contributed by atoms with E-state index in [1.165, 1.54) is 0 Å². The van der Waals surface area contributed by atoms with E-state index < -0.39 is 0 Å². The molecule has 1 aromatic rings. The number of anilines is 1. The number of nitrogens with one attached hydrogen (secondary N) is 1. The van der Waals surface area contributed by atoms with Gasteiger partial charge < -0.3 is 25.8 Å². The highest BCUT2D eigenvalue weighted by Gasteiger charge is 2.10. The van der Waals surface area contributed by atoms with Crippen molar-refractivity contribution in [2.24, 2.45) is 0 Å². The second-order valence-electron chi connectivity index (χ2n) is 5.88. The number of nitrogen functional groups attached to an aromatic ring is 1. The van der Waals surface area contributed by atoms with E-state index in [0.717, 1.165) is 12.1 Å². The lowest BCUT2D eigenvalue weighted by Gasteiger charge is -2.14. The molecule has 23 heavy (non-hydrogen) atoms. The van der Waals surface area contributed by atoms with E-state index in [2.05, 4.69) is 5.32 Å². The number of hydrogen-bond acceptors (Lipinski definition) is 5. The zero-order valence-electron chi connectivity index (χ0n) is 14.3. The summed E-state index contributed by atoms with van der Waals surface area (Å²) in [5.41, 5.74) is 7.58. The average Bonchev–Trinajstić information content (AvgIpc) is 2.52. The highest BCUT2D eigenvalue weighted by atomic mass is 16.5. The molecule has 1 atom stereocenters. The Hall–Kier alpha value is -1.79. The number of carbonyl (C=O) groups excluding carboxylic acids is 1. The van der Waals surface area contributed by atoms with E-state index in [1.807, 2.05) is 44.1 Å². The number of nitrogens with two attached hydrogens (primary N) is 1. The highest BCUT2D eigenvalue weighted by molar-refractivity contribution is 5.76. The summed E-state index contributed by atoms with van der Waals surface area (Å²) in [5, 5.41) is 11.9.